The second-order valence-electron chi connectivity index (χ2n) is 10.5. The van der Waals surface area contributed by atoms with Crippen LogP contribution in [0.2, 0.25) is 0 Å². The predicted molar refractivity (Wildman–Crippen MR) is 183 cm³/mol. The van der Waals surface area contributed by atoms with Gasteiger partial charge < -0.3 is 16.0 Å². The summed E-state index contributed by atoms with van der Waals surface area (Å²) in [6.45, 7) is 3.96. The third-order valence-electron chi connectivity index (χ3n) is 6.89. The second-order valence-corrected chi connectivity index (χ2v) is 11.7. The first-order valence-corrected chi connectivity index (χ1v) is 15.4. The Hall–Kier alpha value is -5.40. The summed E-state index contributed by atoms with van der Waals surface area (Å²) in [6.07, 6.45) is 1.65. The van der Waals surface area contributed by atoms with Gasteiger partial charge in [-0.1, -0.05) is 96.6 Å². The van der Waals surface area contributed by atoms with E-state index in [0.717, 1.165) is 32.8 Å². The highest BCUT2D eigenvalue weighted by molar-refractivity contribution is 8.00. The SMILES string of the molecule is Cc1ccc(/C=C(\NC(=O)c2ccccc2)C(=O)Nc2cccc(SC(C(=O)Nc3cccc(C)c3)c3ccccc3)c2)cc1. The Bertz CT molecular complexity index is 1820. The van der Waals surface area contributed by atoms with Crippen LogP contribution in [-0.2, 0) is 9.59 Å². The van der Waals surface area contributed by atoms with Crippen LogP contribution >= 0.6 is 11.8 Å². The maximum Gasteiger partial charge on any atom is 0.272 e. The summed E-state index contributed by atoms with van der Waals surface area (Å²) in [7, 11) is 0. The molecule has 3 amide bonds. The number of aryl methyl sites for hydroxylation is 2. The summed E-state index contributed by atoms with van der Waals surface area (Å²) >= 11 is 1.39. The molecular weight excluding hydrogens is 579 g/mol. The van der Waals surface area contributed by atoms with Crippen molar-refractivity contribution in [2.24, 2.45) is 0 Å². The minimum Gasteiger partial charge on any atom is -0.325 e. The molecule has 0 aromatic heterocycles. The smallest absolute Gasteiger partial charge is 0.272 e. The second kappa shape index (κ2) is 14.9. The first-order chi connectivity index (χ1) is 21.8. The lowest BCUT2D eigenvalue weighted by Gasteiger charge is -2.18. The van der Waals surface area contributed by atoms with E-state index in [1.165, 1.54) is 11.8 Å². The summed E-state index contributed by atoms with van der Waals surface area (Å²) in [5.74, 6) is -1.02. The Balaban J connectivity index is 1.37. The molecule has 224 valence electrons. The number of benzene rings is 5. The third kappa shape index (κ3) is 8.81. The van der Waals surface area contributed by atoms with E-state index in [1.807, 2.05) is 117 Å². The van der Waals surface area contributed by atoms with Gasteiger partial charge in [-0.2, -0.15) is 0 Å². The monoisotopic (exact) mass is 611 g/mol. The van der Waals surface area contributed by atoms with Crippen molar-refractivity contribution in [3.05, 3.63) is 167 Å². The lowest BCUT2D eigenvalue weighted by atomic mass is 10.1. The molecule has 3 N–H and O–H groups in total. The molecule has 0 fully saturated rings. The topological polar surface area (TPSA) is 87.3 Å². The number of nitrogens with one attached hydrogen (secondary N) is 3. The minimum atomic E-state index is -0.542. The molecule has 5 aromatic carbocycles. The van der Waals surface area contributed by atoms with Crippen LogP contribution < -0.4 is 16.0 Å². The van der Waals surface area contributed by atoms with E-state index in [1.54, 1.807) is 36.4 Å². The van der Waals surface area contributed by atoms with Gasteiger partial charge in [-0.05, 0) is 79.1 Å². The molecule has 0 spiro atoms. The number of carbonyl (C=O) groups is 3. The molecule has 0 aliphatic heterocycles. The molecule has 0 aliphatic carbocycles. The first-order valence-electron chi connectivity index (χ1n) is 14.5. The fourth-order valence-electron chi connectivity index (χ4n) is 4.58. The van der Waals surface area contributed by atoms with Crippen molar-refractivity contribution in [3.8, 4) is 0 Å². The Morgan fingerprint density at radius 3 is 1.98 bits per heavy atom. The van der Waals surface area contributed by atoms with Gasteiger partial charge in [0, 0.05) is 21.8 Å². The number of hydrogen-bond acceptors (Lipinski definition) is 4. The van der Waals surface area contributed by atoms with Crippen LogP contribution in [0.5, 0.6) is 0 Å². The molecule has 0 aliphatic rings. The molecule has 0 heterocycles. The average molecular weight is 612 g/mol. The zero-order chi connectivity index (χ0) is 31.6. The largest absolute Gasteiger partial charge is 0.325 e. The number of rotatable bonds is 10. The number of thioether (sulfide) groups is 1. The summed E-state index contributed by atoms with van der Waals surface area (Å²) in [5, 5.41) is 8.20. The van der Waals surface area contributed by atoms with Gasteiger partial charge in [-0.3, -0.25) is 14.4 Å². The normalized spacial score (nSPS) is 11.7. The van der Waals surface area contributed by atoms with E-state index in [-0.39, 0.29) is 11.6 Å². The van der Waals surface area contributed by atoms with Crippen LogP contribution in [0.1, 0.15) is 37.9 Å². The van der Waals surface area contributed by atoms with E-state index in [2.05, 4.69) is 16.0 Å². The van der Waals surface area contributed by atoms with Gasteiger partial charge in [0.05, 0.1) is 0 Å². The Morgan fingerprint density at radius 2 is 1.29 bits per heavy atom. The molecule has 0 bridgehead atoms. The zero-order valence-corrected chi connectivity index (χ0v) is 25.8. The summed E-state index contributed by atoms with van der Waals surface area (Å²) in [6, 6.07) is 41.0. The van der Waals surface area contributed by atoms with Gasteiger partial charge in [0.2, 0.25) is 5.91 Å². The number of amides is 3. The summed E-state index contributed by atoms with van der Waals surface area (Å²) in [5.41, 5.74) is 5.56. The summed E-state index contributed by atoms with van der Waals surface area (Å²) in [4.78, 5) is 40.9. The predicted octanol–water partition coefficient (Wildman–Crippen LogP) is 8.19. The number of hydrogen-bond donors (Lipinski definition) is 3. The van der Waals surface area contributed by atoms with Gasteiger partial charge >= 0.3 is 0 Å². The van der Waals surface area contributed by atoms with E-state index in [9.17, 15) is 14.4 Å². The van der Waals surface area contributed by atoms with E-state index in [4.69, 9.17) is 0 Å². The van der Waals surface area contributed by atoms with E-state index >= 15 is 0 Å². The van der Waals surface area contributed by atoms with Crippen molar-refractivity contribution in [1.82, 2.24) is 5.32 Å². The maximum atomic E-state index is 13.6. The van der Waals surface area contributed by atoms with Crippen LogP contribution in [0.3, 0.4) is 0 Å². The molecule has 0 radical (unpaired) electrons. The van der Waals surface area contributed by atoms with Gasteiger partial charge in [0.1, 0.15) is 10.9 Å². The quantitative estimate of drug-likeness (QED) is 0.110. The Morgan fingerprint density at radius 1 is 0.644 bits per heavy atom. The lowest BCUT2D eigenvalue weighted by Crippen LogP contribution is -2.30. The van der Waals surface area contributed by atoms with E-state index in [0.29, 0.717) is 11.3 Å². The molecule has 1 atom stereocenters. The zero-order valence-electron chi connectivity index (χ0n) is 25.0. The van der Waals surface area contributed by atoms with Crippen LogP contribution in [-0.4, -0.2) is 17.7 Å². The lowest BCUT2D eigenvalue weighted by molar-refractivity contribution is -0.116. The summed E-state index contributed by atoms with van der Waals surface area (Å²) < 4.78 is 0. The van der Waals surface area contributed by atoms with Gasteiger partial charge in [0.25, 0.3) is 11.8 Å². The average Bonchev–Trinajstić information content (AvgIpc) is 3.05. The van der Waals surface area contributed by atoms with Crippen molar-refractivity contribution in [2.75, 3.05) is 10.6 Å². The van der Waals surface area contributed by atoms with Crippen molar-refractivity contribution in [1.29, 1.82) is 0 Å². The van der Waals surface area contributed by atoms with Gasteiger partial charge in [-0.25, -0.2) is 0 Å². The number of carbonyl (C=O) groups excluding carboxylic acids is 3. The molecule has 5 rings (SSSR count). The van der Waals surface area contributed by atoms with Crippen molar-refractivity contribution < 1.29 is 14.4 Å². The molecule has 1 unspecified atom stereocenters. The van der Waals surface area contributed by atoms with Crippen LogP contribution in [0.15, 0.2) is 144 Å². The highest BCUT2D eigenvalue weighted by atomic mass is 32.2. The minimum absolute atomic E-state index is 0.102. The maximum absolute atomic E-state index is 13.6. The van der Waals surface area contributed by atoms with Gasteiger partial charge in [0.15, 0.2) is 0 Å². The van der Waals surface area contributed by atoms with Crippen LogP contribution in [0.4, 0.5) is 11.4 Å². The van der Waals surface area contributed by atoms with Gasteiger partial charge in [-0.15, -0.1) is 11.8 Å². The van der Waals surface area contributed by atoms with Crippen molar-refractivity contribution in [3.63, 3.8) is 0 Å². The first kappa shape index (κ1) is 31.0. The molecule has 0 saturated heterocycles. The molecular formula is C38H33N3O3S. The fourth-order valence-corrected chi connectivity index (χ4v) is 5.67. The third-order valence-corrected chi connectivity index (χ3v) is 8.14. The Labute approximate surface area is 267 Å². The molecule has 6 nitrogen and oxygen atoms in total. The van der Waals surface area contributed by atoms with Crippen molar-refractivity contribution in [2.45, 2.75) is 24.0 Å². The van der Waals surface area contributed by atoms with Crippen molar-refractivity contribution >= 4 is 46.9 Å². The fraction of sp³-hybridized carbons (Fsp3) is 0.0789. The Kier molecular flexibility index (Phi) is 10.2. The highest BCUT2D eigenvalue weighted by Gasteiger charge is 2.23. The molecule has 7 heteroatoms. The molecule has 0 saturated carbocycles. The van der Waals surface area contributed by atoms with Crippen LogP contribution in [0.25, 0.3) is 6.08 Å². The highest BCUT2D eigenvalue weighted by Crippen LogP contribution is 2.37. The number of anilines is 2. The van der Waals surface area contributed by atoms with Crippen LogP contribution in [0, 0.1) is 13.8 Å². The molecule has 45 heavy (non-hydrogen) atoms. The van der Waals surface area contributed by atoms with E-state index < -0.39 is 17.1 Å². The molecule has 5 aromatic rings. The standard InChI is InChI=1S/C38H33N3O3S/c1-26-19-21-28(22-20-26)24-34(41-36(42)30-14-7-4-8-15-30)37(43)39-32-17-10-18-33(25-32)45-35(29-12-5-3-6-13-29)38(44)40-31-16-9-11-27(2)23-31/h3-25,35H,1-2H3,(H,39,43)(H,40,44)(H,41,42)/b34-24-.